The molecule has 2 saturated heterocycles. The van der Waals surface area contributed by atoms with Crippen molar-refractivity contribution in [1.29, 1.82) is 0 Å². The number of hydrogen-bond acceptors (Lipinski definition) is 9. The van der Waals surface area contributed by atoms with E-state index in [2.05, 4.69) is 38.1 Å². The van der Waals surface area contributed by atoms with Gasteiger partial charge >= 0.3 is 11.6 Å². The van der Waals surface area contributed by atoms with Crippen LogP contribution in [0.3, 0.4) is 0 Å². The molecular weight excluding hydrogens is 616 g/mol. The summed E-state index contributed by atoms with van der Waals surface area (Å²) in [5, 5.41) is 14.9. The molecule has 0 bridgehead atoms. The van der Waals surface area contributed by atoms with E-state index in [0.29, 0.717) is 58.4 Å². The van der Waals surface area contributed by atoms with E-state index in [1.165, 1.54) is 57.1 Å². The number of aromatic hydroxyl groups is 1. The van der Waals surface area contributed by atoms with Crippen LogP contribution in [-0.4, -0.2) is 82.5 Å². The van der Waals surface area contributed by atoms with E-state index in [-0.39, 0.29) is 34.0 Å². The van der Waals surface area contributed by atoms with E-state index in [0.717, 1.165) is 32.2 Å². The molecule has 4 fully saturated rings. The monoisotopic (exact) mass is 657 g/mol. The summed E-state index contributed by atoms with van der Waals surface area (Å²) in [5.74, 6) is 2.19. The van der Waals surface area contributed by atoms with Crippen LogP contribution in [0.1, 0.15) is 62.5 Å². The van der Waals surface area contributed by atoms with Crippen LogP contribution in [0.15, 0.2) is 33.5 Å². The minimum Gasteiger partial charge on any atom is -0.508 e. The largest absolute Gasteiger partial charge is 0.508 e. The van der Waals surface area contributed by atoms with Crippen molar-refractivity contribution >= 4 is 27.5 Å². The first-order chi connectivity index (χ1) is 23.1. The number of ether oxygens (including phenoxy) is 1. The number of terminal acetylenes is 1. The fraction of sp³-hybridized carbons (Fsp3) is 0.486. The minimum atomic E-state index is -0.663. The maximum absolute atomic E-state index is 14.7. The molecule has 2 N–H and O–H groups in total. The topological polar surface area (TPSA) is 104 Å². The maximum atomic E-state index is 14.7. The molecule has 0 spiro atoms. The van der Waals surface area contributed by atoms with Gasteiger partial charge in [0.2, 0.25) is 0 Å². The highest BCUT2D eigenvalue weighted by Gasteiger charge is 2.46. The molecule has 2 aromatic carbocycles. The SMILES string of the molecule is C#Cc1c(F)ccc2cc(O)cc(-c3oc(=O)c4c(NCC5(N(C)C6CC6)CCC5)nc(OC)nc4c3C)c12.FC1CC2CCCN2C1. The van der Waals surface area contributed by atoms with Crippen molar-refractivity contribution in [1.82, 2.24) is 19.8 Å². The van der Waals surface area contributed by atoms with Gasteiger partial charge in [-0.2, -0.15) is 9.97 Å². The second-order valence-electron chi connectivity index (χ2n) is 13.7. The summed E-state index contributed by atoms with van der Waals surface area (Å²) in [7, 11) is 3.64. The summed E-state index contributed by atoms with van der Waals surface area (Å²) < 4.78 is 38.5. The number of alkyl halides is 1. The molecule has 4 aliphatic rings. The van der Waals surface area contributed by atoms with Gasteiger partial charge in [0.25, 0.3) is 0 Å². The van der Waals surface area contributed by atoms with E-state index >= 15 is 0 Å². The molecule has 2 atom stereocenters. The summed E-state index contributed by atoms with van der Waals surface area (Å²) in [5.41, 5.74) is 0.490. The molecule has 4 aromatic rings. The van der Waals surface area contributed by atoms with Crippen LogP contribution in [0.2, 0.25) is 0 Å². The number of nitrogens with one attached hydrogen (secondary N) is 1. The highest BCUT2D eigenvalue weighted by atomic mass is 19.1. The van der Waals surface area contributed by atoms with Crippen molar-refractivity contribution in [3.05, 3.63) is 51.6 Å². The third-order valence-electron chi connectivity index (χ3n) is 10.8. The Morgan fingerprint density at radius 1 is 1.21 bits per heavy atom. The Kier molecular flexibility index (Phi) is 8.50. The second kappa shape index (κ2) is 12.6. The summed E-state index contributed by atoms with van der Waals surface area (Å²) >= 11 is 0. The number of likely N-dealkylation sites (N-methyl/N-ethyl adjacent to an activating group) is 1. The molecule has 48 heavy (non-hydrogen) atoms. The van der Waals surface area contributed by atoms with Gasteiger partial charge in [0, 0.05) is 47.2 Å². The van der Waals surface area contributed by atoms with Gasteiger partial charge in [0.05, 0.1) is 18.2 Å². The van der Waals surface area contributed by atoms with Crippen LogP contribution in [0.25, 0.3) is 33.0 Å². The van der Waals surface area contributed by atoms with Gasteiger partial charge in [-0.3, -0.25) is 9.80 Å². The number of aromatic nitrogens is 2. The Morgan fingerprint density at radius 3 is 2.67 bits per heavy atom. The molecule has 252 valence electrons. The number of phenols is 1. The predicted octanol–water partition coefficient (Wildman–Crippen LogP) is 6.17. The van der Waals surface area contributed by atoms with Crippen LogP contribution < -0.4 is 15.7 Å². The number of phenolic OH excluding ortho intramolecular Hbond substituents is 1. The van der Waals surface area contributed by atoms with Crippen molar-refractivity contribution < 1.29 is 23.0 Å². The Labute approximate surface area is 278 Å². The highest BCUT2D eigenvalue weighted by molar-refractivity contribution is 6.03. The average Bonchev–Trinajstić information content (AvgIpc) is 3.72. The number of hydrogen-bond donors (Lipinski definition) is 2. The van der Waals surface area contributed by atoms with Gasteiger partial charge < -0.3 is 19.6 Å². The molecule has 2 aliphatic heterocycles. The zero-order valence-corrected chi connectivity index (χ0v) is 27.6. The summed E-state index contributed by atoms with van der Waals surface area (Å²) in [4.78, 5) is 27.2. The number of halogens is 2. The summed E-state index contributed by atoms with van der Waals surface area (Å²) in [6, 6.07) is 6.97. The second-order valence-corrected chi connectivity index (χ2v) is 13.7. The Morgan fingerprint density at radius 2 is 2.00 bits per heavy atom. The van der Waals surface area contributed by atoms with E-state index in [4.69, 9.17) is 15.6 Å². The fourth-order valence-corrected chi connectivity index (χ4v) is 7.82. The van der Waals surface area contributed by atoms with Crippen molar-refractivity contribution in [2.75, 3.05) is 39.1 Å². The van der Waals surface area contributed by atoms with E-state index in [1.54, 1.807) is 6.92 Å². The summed E-state index contributed by atoms with van der Waals surface area (Å²) in [6.07, 6.45) is 14.2. The Bertz CT molecular complexity index is 1970. The Hall–Kier alpha value is -4.27. The lowest BCUT2D eigenvalue weighted by molar-refractivity contribution is 0.0434. The van der Waals surface area contributed by atoms with Gasteiger partial charge in [0.15, 0.2) is 0 Å². The number of anilines is 1. The zero-order chi connectivity index (χ0) is 33.7. The molecule has 2 saturated carbocycles. The molecule has 8 rings (SSSR count). The first-order valence-electron chi connectivity index (χ1n) is 16.8. The van der Waals surface area contributed by atoms with Gasteiger partial charge in [-0.25, -0.2) is 13.6 Å². The number of benzene rings is 2. The average molecular weight is 658 g/mol. The Balaban J connectivity index is 0.000000347. The molecule has 2 aliphatic carbocycles. The number of methoxy groups -OCH3 is 1. The van der Waals surface area contributed by atoms with Gasteiger partial charge in [0.1, 0.15) is 34.7 Å². The number of nitrogens with zero attached hydrogens (tertiary/aromatic N) is 4. The number of fused-ring (bicyclic) bond motifs is 3. The lowest BCUT2D eigenvalue weighted by atomic mass is 9.75. The first-order valence-corrected chi connectivity index (χ1v) is 16.8. The lowest BCUT2D eigenvalue weighted by Gasteiger charge is -2.49. The molecule has 0 radical (unpaired) electrons. The molecule has 4 heterocycles. The molecule has 11 heteroatoms. The van der Waals surface area contributed by atoms with Crippen LogP contribution in [-0.2, 0) is 0 Å². The smallest absolute Gasteiger partial charge is 0.349 e. The number of aryl methyl sites for hydroxylation is 1. The van der Waals surface area contributed by atoms with E-state index in [1.807, 2.05) is 0 Å². The van der Waals surface area contributed by atoms with Crippen LogP contribution in [0.5, 0.6) is 11.8 Å². The van der Waals surface area contributed by atoms with Crippen molar-refractivity contribution in [2.24, 2.45) is 0 Å². The highest BCUT2D eigenvalue weighted by Crippen LogP contribution is 2.43. The lowest BCUT2D eigenvalue weighted by Crippen LogP contribution is -2.57. The zero-order valence-electron chi connectivity index (χ0n) is 27.6. The van der Waals surface area contributed by atoms with Crippen molar-refractivity contribution in [3.8, 4) is 35.4 Å². The van der Waals surface area contributed by atoms with Gasteiger partial charge in [-0.15, -0.1) is 6.42 Å². The molecule has 0 amide bonds. The van der Waals surface area contributed by atoms with Crippen LogP contribution in [0, 0.1) is 25.1 Å². The van der Waals surface area contributed by atoms with Gasteiger partial charge in [-0.1, -0.05) is 12.0 Å². The third kappa shape index (κ3) is 5.75. The fourth-order valence-electron chi connectivity index (χ4n) is 7.82. The summed E-state index contributed by atoms with van der Waals surface area (Å²) in [6.45, 7) is 4.23. The quantitative estimate of drug-likeness (QED) is 0.226. The van der Waals surface area contributed by atoms with Crippen molar-refractivity contribution in [3.63, 3.8) is 0 Å². The standard InChI is InChI=1S/C30H29FN4O4.C7H12FN/c1-5-20-22(31)10-7-17-13-19(36)14-21(23(17)20)26-16(2)25-24(28(37)39-26)27(34-29(33-25)38-4)32-15-30(11-6-12-30)35(3)18-8-9-18;8-6-4-7-2-1-3-9(7)5-6/h1,7,10,13-14,18,36H,6,8-9,11-12,15H2,2-4H3,(H,32,33,34);6-7H,1-5H2. The molecule has 9 nitrogen and oxygen atoms in total. The van der Waals surface area contributed by atoms with Crippen LogP contribution in [0.4, 0.5) is 14.6 Å². The van der Waals surface area contributed by atoms with Crippen LogP contribution >= 0.6 is 0 Å². The van der Waals surface area contributed by atoms with Crippen molar-refractivity contribution in [2.45, 2.75) is 82.1 Å². The predicted molar refractivity (Wildman–Crippen MR) is 182 cm³/mol. The van der Waals surface area contributed by atoms with Gasteiger partial charge in [-0.05, 0) is 95.5 Å². The first kappa shape index (κ1) is 32.3. The molecule has 2 unspecified atom stereocenters. The van der Waals surface area contributed by atoms with E-state index in [9.17, 15) is 18.7 Å². The molecular formula is C37H41F2N5O4. The van der Waals surface area contributed by atoms with E-state index < -0.39 is 17.6 Å². The number of rotatable bonds is 7. The molecule has 2 aromatic heterocycles. The minimum absolute atomic E-state index is 0.0109. The normalized spacial score (nSPS) is 21.4. The maximum Gasteiger partial charge on any atom is 0.349 e. The third-order valence-corrected chi connectivity index (χ3v) is 10.8.